The fourth-order valence-electron chi connectivity index (χ4n) is 3.85. The number of nitrogens with zero attached hydrogens (tertiary/aromatic N) is 2. The lowest BCUT2D eigenvalue weighted by atomic mass is 10.2. The van der Waals surface area contributed by atoms with Crippen molar-refractivity contribution in [1.82, 2.24) is 9.63 Å². The average molecular weight is 348 g/mol. The Hall–Kier alpha value is -3.15. The fraction of sp³-hybridized carbons (Fsp3) is 0.250. The highest BCUT2D eigenvalue weighted by atomic mass is 16.7. The summed E-state index contributed by atoms with van der Waals surface area (Å²) in [4.78, 5) is 40.8. The van der Waals surface area contributed by atoms with Crippen molar-refractivity contribution in [2.75, 3.05) is 0 Å². The van der Waals surface area contributed by atoms with Gasteiger partial charge >= 0.3 is 5.97 Å². The Morgan fingerprint density at radius 2 is 1.42 bits per heavy atom. The molecule has 6 heteroatoms. The van der Waals surface area contributed by atoms with Gasteiger partial charge in [-0.2, -0.15) is 0 Å². The molecular weight excluding hydrogens is 332 g/mol. The second-order valence-electron chi connectivity index (χ2n) is 6.81. The van der Waals surface area contributed by atoms with Gasteiger partial charge in [0.1, 0.15) is 0 Å². The van der Waals surface area contributed by atoms with E-state index in [4.69, 9.17) is 4.84 Å². The standard InChI is InChI=1S/C20H16N2O4/c23-18-9-10-19(24)22(18)26-20(25)14-11-17(14)21-15-7-3-1-5-12(15)13-6-2-4-8-16(13)21/h1-8,14,17H,9-11H2/t14-,17-/m0/s1. The minimum atomic E-state index is -0.513. The molecule has 0 N–H and O–H groups in total. The number of para-hydroxylation sites is 2. The van der Waals surface area contributed by atoms with E-state index < -0.39 is 17.8 Å². The summed E-state index contributed by atoms with van der Waals surface area (Å²) >= 11 is 0. The molecule has 26 heavy (non-hydrogen) atoms. The highest BCUT2D eigenvalue weighted by Gasteiger charge is 2.49. The molecule has 0 radical (unpaired) electrons. The number of rotatable bonds is 3. The SMILES string of the molecule is O=C(ON1C(=O)CCC1=O)[C@H]1C[C@@H]1n1c2ccccc2c2ccccc21. The van der Waals surface area contributed by atoms with Gasteiger partial charge in [0.15, 0.2) is 0 Å². The minimum absolute atomic E-state index is 0.0277. The first-order chi connectivity index (χ1) is 12.6. The summed E-state index contributed by atoms with van der Waals surface area (Å²) in [6.45, 7) is 0. The smallest absolute Gasteiger partial charge is 0.336 e. The van der Waals surface area contributed by atoms with E-state index in [1.165, 1.54) is 0 Å². The van der Waals surface area contributed by atoms with Crippen LogP contribution in [-0.4, -0.2) is 27.4 Å². The van der Waals surface area contributed by atoms with Crippen LogP contribution in [0, 0.1) is 5.92 Å². The molecule has 5 rings (SSSR count). The summed E-state index contributed by atoms with van der Waals surface area (Å²) < 4.78 is 2.17. The van der Waals surface area contributed by atoms with Crippen LogP contribution >= 0.6 is 0 Å². The highest BCUT2D eigenvalue weighted by molar-refractivity contribution is 6.08. The number of hydrogen-bond donors (Lipinski definition) is 0. The average Bonchev–Trinajstić information content (AvgIpc) is 3.30. The third-order valence-electron chi connectivity index (χ3n) is 5.20. The maximum Gasteiger partial charge on any atom is 0.338 e. The Bertz CT molecular complexity index is 1010. The van der Waals surface area contributed by atoms with E-state index in [1.807, 2.05) is 36.4 Å². The monoisotopic (exact) mass is 348 g/mol. The molecule has 2 aromatic carbocycles. The first-order valence-corrected chi connectivity index (χ1v) is 8.70. The van der Waals surface area contributed by atoms with Crippen LogP contribution < -0.4 is 0 Å². The van der Waals surface area contributed by atoms with E-state index in [-0.39, 0.29) is 24.8 Å². The molecule has 6 nitrogen and oxygen atoms in total. The number of hydrogen-bond acceptors (Lipinski definition) is 4. The van der Waals surface area contributed by atoms with Gasteiger partial charge in [0.2, 0.25) is 0 Å². The molecule has 2 heterocycles. The maximum atomic E-state index is 12.4. The minimum Gasteiger partial charge on any atom is -0.336 e. The van der Waals surface area contributed by atoms with Crippen molar-refractivity contribution in [2.24, 2.45) is 5.92 Å². The normalized spacial score (nSPS) is 22.4. The van der Waals surface area contributed by atoms with Crippen LogP contribution in [0.3, 0.4) is 0 Å². The summed E-state index contributed by atoms with van der Waals surface area (Å²) in [5, 5.41) is 2.92. The second kappa shape index (κ2) is 5.42. The van der Waals surface area contributed by atoms with Gasteiger partial charge < -0.3 is 9.40 Å². The molecule has 2 fully saturated rings. The lowest BCUT2D eigenvalue weighted by Gasteiger charge is -2.13. The van der Waals surface area contributed by atoms with Gasteiger partial charge in [0.25, 0.3) is 11.8 Å². The molecule has 1 aliphatic heterocycles. The molecule has 2 amide bonds. The first kappa shape index (κ1) is 15.1. The predicted molar refractivity (Wildman–Crippen MR) is 93.8 cm³/mol. The number of carbonyl (C=O) groups excluding carboxylic acids is 3. The molecule has 1 aliphatic carbocycles. The van der Waals surface area contributed by atoms with Crippen molar-refractivity contribution in [3.8, 4) is 0 Å². The van der Waals surface area contributed by atoms with Gasteiger partial charge in [-0.3, -0.25) is 9.59 Å². The summed E-state index contributed by atoms with van der Waals surface area (Å²) in [6, 6.07) is 16.2. The van der Waals surface area contributed by atoms with Crippen LogP contribution in [0.25, 0.3) is 21.8 Å². The highest BCUT2D eigenvalue weighted by Crippen LogP contribution is 2.48. The van der Waals surface area contributed by atoms with Crippen molar-refractivity contribution in [2.45, 2.75) is 25.3 Å². The van der Waals surface area contributed by atoms with E-state index in [9.17, 15) is 14.4 Å². The third kappa shape index (κ3) is 2.15. The van der Waals surface area contributed by atoms with Crippen molar-refractivity contribution < 1.29 is 19.2 Å². The van der Waals surface area contributed by atoms with Gasteiger partial charge in [-0.15, -0.1) is 5.06 Å². The van der Waals surface area contributed by atoms with Gasteiger partial charge in [-0.05, 0) is 18.6 Å². The van der Waals surface area contributed by atoms with E-state index in [0.29, 0.717) is 11.5 Å². The van der Waals surface area contributed by atoms with Gasteiger partial charge in [-0.25, -0.2) is 4.79 Å². The fourth-order valence-corrected chi connectivity index (χ4v) is 3.85. The van der Waals surface area contributed by atoms with E-state index in [0.717, 1.165) is 21.8 Å². The Labute approximate surface area is 148 Å². The zero-order chi connectivity index (χ0) is 17.8. The third-order valence-corrected chi connectivity index (χ3v) is 5.20. The molecule has 0 bridgehead atoms. The zero-order valence-corrected chi connectivity index (χ0v) is 13.9. The number of hydroxylamine groups is 2. The number of fused-ring (bicyclic) bond motifs is 3. The molecule has 0 spiro atoms. The van der Waals surface area contributed by atoms with Crippen LogP contribution in [0.15, 0.2) is 48.5 Å². The summed E-state index contributed by atoms with van der Waals surface area (Å²) in [5.74, 6) is -1.76. The van der Waals surface area contributed by atoms with Gasteiger partial charge in [0, 0.05) is 40.7 Å². The molecule has 1 saturated carbocycles. The summed E-state index contributed by atoms with van der Waals surface area (Å²) in [5.41, 5.74) is 2.14. The molecule has 3 aromatic rings. The summed E-state index contributed by atoms with van der Waals surface area (Å²) in [7, 11) is 0. The number of benzene rings is 2. The quantitative estimate of drug-likeness (QED) is 0.683. The van der Waals surface area contributed by atoms with Crippen LogP contribution in [-0.2, 0) is 19.2 Å². The lowest BCUT2D eigenvalue weighted by molar-refractivity contribution is -0.198. The Morgan fingerprint density at radius 1 is 0.885 bits per heavy atom. The van der Waals surface area contributed by atoms with Crippen LogP contribution in [0.2, 0.25) is 0 Å². The van der Waals surface area contributed by atoms with Crippen molar-refractivity contribution in [1.29, 1.82) is 0 Å². The molecule has 2 atom stereocenters. The molecule has 0 unspecified atom stereocenters. The van der Waals surface area contributed by atoms with Crippen molar-refractivity contribution >= 4 is 39.6 Å². The van der Waals surface area contributed by atoms with E-state index >= 15 is 0 Å². The number of aromatic nitrogens is 1. The largest absolute Gasteiger partial charge is 0.338 e. The topological polar surface area (TPSA) is 68.6 Å². The first-order valence-electron chi connectivity index (χ1n) is 8.70. The molecule has 2 aliphatic rings. The molecule has 130 valence electrons. The van der Waals surface area contributed by atoms with Gasteiger partial charge in [-0.1, -0.05) is 36.4 Å². The Morgan fingerprint density at radius 3 is 2.00 bits per heavy atom. The Kier molecular flexibility index (Phi) is 3.16. The second-order valence-corrected chi connectivity index (χ2v) is 6.81. The van der Waals surface area contributed by atoms with E-state index in [2.05, 4.69) is 16.7 Å². The van der Waals surface area contributed by atoms with Crippen molar-refractivity contribution in [3.63, 3.8) is 0 Å². The molecular formula is C20H16N2O4. The van der Waals surface area contributed by atoms with Gasteiger partial charge in [0.05, 0.1) is 5.92 Å². The van der Waals surface area contributed by atoms with Crippen molar-refractivity contribution in [3.05, 3.63) is 48.5 Å². The number of imide groups is 1. The number of carbonyl (C=O) groups is 3. The van der Waals surface area contributed by atoms with Crippen LogP contribution in [0.5, 0.6) is 0 Å². The predicted octanol–water partition coefficient (Wildman–Crippen LogP) is 2.96. The Balaban J connectivity index is 1.47. The lowest BCUT2D eigenvalue weighted by Crippen LogP contribution is -2.32. The summed E-state index contributed by atoms with van der Waals surface area (Å²) in [6.07, 6.45) is 0.845. The van der Waals surface area contributed by atoms with E-state index in [1.54, 1.807) is 0 Å². The maximum absolute atomic E-state index is 12.4. The van der Waals surface area contributed by atoms with Crippen LogP contribution in [0.4, 0.5) is 0 Å². The number of amides is 2. The van der Waals surface area contributed by atoms with Crippen LogP contribution in [0.1, 0.15) is 25.3 Å². The molecule has 1 saturated heterocycles. The molecule has 1 aromatic heterocycles. The zero-order valence-electron chi connectivity index (χ0n) is 13.9.